The molecule has 3 aromatic carbocycles. The number of hydrogen-bond acceptors (Lipinski definition) is 3. The number of benzene rings is 3. The van der Waals surface area contributed by atoms with Gasteiger partial charge < -0.3 is 15.4 Å². The zero-order chi connectivity index (χ0) is 18.2. The van der Waals surface area contributed by atoms with Crippen LogP contribution in [0.25, 0.3) is 0 Å². The van der Waals surface area contributed by atoms with E-state index in [9.17, 15) is 4.79 Å². The summed E-state index contributed by atoms with van der Waals surface area (Å²) < 4.78 is 5.90. The maximum atomic E-state index is 12.3. The Labute approximate surface area is 153 Å². The molecule has 0 fully saturated rings. The standard InChI is InChI=1S/C22H22N2O2/c1-17(18-10-4-2-5-11-18)24-22(25)16-23-20-14-8-9-15-21(20)26-19-12-6-3-7-13-19/h2-15,17,23H,16H2,1H3,(H,24,25)/t17-/m0/s1. The quantitative estimate of drug-likeness (QED) is 0.648. The average molecular weight is 346 g/mol. The van der Waals surface area contributed by atoms with Crippen molar-refractivity contribution in [2.24, 2.45) is 0 Å². The minimum absolute atomic E-state index is 0.0405. The van der Waals surface area contributed by atoms with Gasteiger partial charge in [-0.15, -0.1) is 0 Å². The van der Waals surface area contributed by atoms with Crippen LogP contribution in [0.15, 0.2) is 84.9 Å². The van der Waals surface area contributed by atoms with Gasteiger partial charge in [-0.3, -0.25) is 4.79 Å². The zero-order valence-corrected chi connectivity index (χ0v) is 14.7. The van der Waals surface area contributed by atoms with Crippen LogP contribution in [0.2, 0.25) is 0 Å². The van der Waals surface area contributed by atoms with Gasteiger partial charge in [0.1, 0.15) is 5.75 Å². The first kappa shape index (κ1) is 17.5. The lowest BCUT2D eigenvalue weighted by atomic mass is 10.1. The van der Waals surface area contributed by atoms with Crippen LogP contribution in [0.4, 0.5) is 5.69 Å². The number of hydrogen-bond donors (Lipinski definition) is 2. The number of carbonyl (C=O) groups excluding carboxylic acids is 1. The van der Waals surface area contributed by atoms with Crippen LogP contribution in [-0.4, -0.2) is 12.5 Å². The second kappa shape index (κ2) is 8.72. The second-order valence-electron chi connectivity index (χ2n) is 5.96. The van der Waals surface area contributed by atoms with Crippen molar-refractivity contribution in [3.8, 4) is 11.5 Å². The summed E-state index contributed by atoms with van der Waals surface area (Å²) in [7, 11) is 0. The predicted molar refractivity (Wildman–Crippen MR) is 104 cm³/mol. The monoisotopic (exact) mass is 346 g/mol. The number of para-hydroxylation sites is 3. The maximum absolute atomic E-state index is 12.3. The Morgan fingerprint density at radius 1 is 0.885 bits per heavy atom. The maximum Gasteiger partial charge on any atom is 0.239 e. The lowest BCUT2D eigenvalue weighted by Crippen LogP contribution is -2.32. The van der Waals surface area contributed by atoms with Crippen LogP contribution in [0.5, 0.6) is 11.5 Å². The van der Waals surface area contributed by atoms with E-state index in [1.54, 1.807) is 0 Å². The van der Waals surface area contributed by atoms with Gasteiger partial charge in [0.25, 0.3) is 0 Å². The van der Waals surface area contributed by atoms with Gasteiger partial charge in [-0.1, -0.05) is 60.7 Å². The number of amides is 1. The Morgan fingerprint density at radius 3 is 2.23 bits per heavy atom. The largest absolute Gasteiger partial charge is 0.455 e. The summed E-state index contributed by atoms with van der Waals surface area (Å²) in [6.45, 7) is 2.14. The molecule has 0 aliphatic carbocycles. The molecule has 0 saturated carbocycles. The molecule has 3 rings (SSSR count). The Hall–Kier alpha value is -3.27. The highest BCUT2D eigenvalue weighted by molar-refractivity contribution is 5.81. The summed E-state index contributed by atoms with van der Waals surface area (Å²) in [6.07, 6.45) is 0. The zero-order valence-electron chi connectivity index (χ0n) is 14.7. The first-order valence-electron chi connectivity index (χ1n) is 8.62. The molecule has 1 amide bonds. The lowest BCUT2D eigenvalue weighted by molar-refractivity contribution is -0.120. The molecular weight excluding hydrogens is 324 g/mol. The van der Waals surface area contributed by atoms with Crippen molar-refractivity contribution < 1.29 is 9.53 Å². The predicted octanol–water partition coefficient (Wildman–Crippen LogP) is 4.77. The summed E-state index contributed by atoms with van der Waals surface area (Å²) in [5, 5.41) is 6.15. The number of nitrogens with one attached hydrogen (secondary N) is 2. The molecule has 26 heavy (non-hydrogen) atoms. The van der Waals surface area contributed by atoms with Crippen LogP contribution < -0.4 is 15.4 Å². The number of ether oxygens (including phenoxy) is 1. The van der Waals surface area contributed by atoms with Crippen LogP contribution >= 0.6 is 0 Å². The molecule has 132 valence electrons. The van der Waals surface area contributed by atoms with Crippen molar-refractivity contribution in [1.82, 2.24) is 5.32 Å². The van der Waals surface area contributed by atoms with Gasteiger partial charge in [-0.2, -0.15) is 0 Å². The van der Waals surface area contributed by atoms with Crippen LogP contribution in [0, 0.1) is 0 Å². The van der Waals surface area contributed by atoms with E-state index >= 15 is 0 Å². The summed E-state index contributed by atoms with van der Waals surface area (Å²) in [5.41, 5.74) is 1.85. The highest BCUT2D eigenvalue weighted by Crippen LogP contribution is 2.28. The topological polar surface area (TPSA) is 50.4 Å². The Morgan fingerprint density at radius 2 is 1.50 bits per heavy atom. The summed E-state index contributed by atoms with van der Waals surface area (Å²) in [5.74, 6) is 1.36. The van der Waals surface area contributed by atoms with Crippen molar-refractivity contribution in [3.63, 3.8) is 0 Å². The van der Waals surface area contributed by atoms with Crippen LogP contribution in [0.1, 0.15) is 18.5 Å². The second-order valence-corrected chi connectivity index (χ2v) is 5.96. The minimum Gasteiger partial charge on any atom is -0.455 e. The normalized spacial score (nSPS) is 11.4. The van der Waals surface area contributed by atoms with Gasteiger partial charge in [0.15, 0.2) is 5.75 Å². The van der Waals surface area contributed by atoms with Gasteiger partial charge in [0.05, 0.1) is 18.3 Å². The molecule has 0 heterocycles. The fraction of sp³-hybridized carbons (Fsp3) is 0.136. The molecule has 0 unspecified atom stereocenters. The van der Waals surface area contributed by atoms with Crippen LogP contribution in [0.3, 0.4) is 0 Å². The third kappa shape index (κ3) is 4.86. The number of rotatable bonds is 7. The SMILES string of the molecule is C[C@H](NC(=O)CNc1ccccc1Oc1ccccc1)c1ccccc1. The van der Waals surface area contributed by atoms with Gasteiger partial charge in [0, 0.05) is 0 Å². The van der Waals surface area contributed by atoms with E-state index < -0.39 is 0 Å². The molecule has 1 atom stereocenters. The van der Waals surface area contributed by atoms with Crippen molar-refractivity contribution in [1.29, 1.82) is 0 Å². The average Bonchev–Trinajstić information content (AvgIpc) is 2.69. The molecule has 0 saturated heterocycles. The van der Waals surface area contributed by atoms with E-state index in [-0.39, 0.29) is 18.5 Å². The minimum atomic E-state index is -0.0733. The molecule has 4 heteroatoms. The number of anilines is 1. The van der Waals surface area contributed by atoms with Gasteiger partial charge >= 0.3 is 0 Å². The molecule has 0 radical (unpaired) electrons. The number of carbonyl (C=O) groups is 1. The molecule has 0 bridgehead atoms. The molecule has 2 N–H and O–H groups in total. The molecule has 4 nitrogen and oxygen atoms in total. The Bertz CT molecular complexity index is 835. The summed E-state index contributed by atoms with van der Waals surface area (Å²) in [4.78, 5) is 12.3. The summed E-state index contributed by atoms with van der Waals surface area (Å²) in [6, 6.07) is 27.0. The van der Waals surface area contributed by atoms with E-state index in [4.69, 9.17) is 4.74 Å². The van der Waals surface area contributed by atoms with Gasteiger partial charge in [-0.25, -0.2) is 0 Å². The van der Waals surface area contributed by atoms with Gasteiger partial charge in [0.2, 0.25) is 5.91 Å². The Kier molecular flexibility index (Phi) is 5.88. The van der Waals surface area contributed by atoms with E-state index in [0.717, 1.165) is 17.0 Å². The molecule has 0 aromatic heterocycles. The van der Waals surface area contributed by atoms with Crippen LogP contribution in [-0.2, 0) is 4.79 Å². The summed E-state index contributed by atoms with van der Waals surface area (Å²) >= 11 is 0. The first-order chi connectivity index (χ1) is 12.7. The van der Waals surface area contributed by atoms with Crippen molar-refractivity contribution >= 4 is 11.6 Å². The first-order valence-corrected chi connectivity index (χ1v) is 8.62. The van der Waals surface area contributed by atoms with Crippen molar-refractivity contribution in [2.45, 2.75) is 13.0 Å². The Balaban J connectivity index is 1.58. The molecular formula is C22H22N2O2. The third-order valence-electron chi connectivity index (χ3n) is 3.97. The van der Waals surface area contributed by atoms with E-state index in [1.165, 1.54) is 0 Å². The molecule has 0 spiro atoms. The smallest absolute Gasteiger partial charge is 0.239 e. The highest BCUT2D eigenvalue weighted by atomic mass is 16.5. The highest BCUT2D eigenvalue weighted by Gasteiger charge is 2.10. The third-order valence-corrected chi connectivity index (χ3v) is 3.97. The molecule has 3 aromatic rings. The lowest BCUT2D eigenvalue weighted by Gasteiger charge is -2.16. The van der Waals surface area contributed by atoms with E-state index in [0.29, 0.717) is 5.75 Å². The fourth-order valence-corrected chi connectivity index (χ4v) is 2.61. The van der Waals surface area contributed by atoms with E-state index in [2.05, 4.69) is 10.6 Å². The molecule has 0 aliphatic rings. The van der Waals surface area contributed by atoms with Crippen molar-refractivity contribution in [3.05, 3.63) is 90.5 Å². The van der Waals surface area contributed by atoms with Gasteiger partial charge in [-0.05, 0) is 36.8 Å². The molecule has 0 aliphatic heterocycles. The fourth-order valence-electron chi connectivity index (χ4n) is 2.61. The van der Waals surface area contributed by atoms with E-state index in [1.807, 2.05) is 91.9 Å². The van der Waals surface area contributed by atoms with Crippen molar-refractivity contribution in [2.75, 3.05) is 11.9 Å².